The predicted octanol–water partition coefficient (Wildman–Crippen LogP) is 1.10. The molecule has 2 N–H and O–H groups in total. The Bertz CT molecular complexity index is 259. The normalized spacial score (nSPS) is 20.4. The van der Waals surface area contributed by atoms with Crippen molar-refractivity contribution in [1.29, 1.82) is 5.41 Å². The third kappa shape index (κ3) is 1.77. The van der Waals surface area contributed by atoms with Crippen molar-refractivity contribution < 1.29 is 0 Å². The molecule has 1 aliphatic rings. The van der Waals surface area contributed by atoms with Gasteiger partial charge in [0, 0.05) is 19.0 Å². The van der Waals surface area contributed by atoms with E-state index in [-0.39, 0.29) is 0 Å². The van der Waals surface area contributed by atoms with Crippen LogP contribution in [0, 0.1) is 5.41 Å². The molecule has 0 amide bonds. The van der Waals surface area contributed by atoms with Crippen molar-refractivity contribution in [3.8, 4) is 0 Å². The van der Waals surface area contributed by atoms with Crippen molar-refractivity contribution in [1.82, 2.24) is 5.32 Å². The summed E-state index contributed by atoms with van der Waals surface area (Å²) >= 11 is 0. The molecule has 0 atom stereocenters. The van der Waals surface area contributed by atoms with Crippen LogP contribution in [-0.2, 0) is 0 Å². The summed E-state index contributed by atoms with van der Waals surface area (Å²) in [5.74, 6) is 0. The van der Waals surface area contributed by atoms with E-state index >= 15 is 0 Å². The van der Waals surface area contributed by atoms with Gasteiger partial charge in [0.1, 0.15) is 5.70 Å². The minimum absolute atomic E-state index is 0.449. The van der Waals surface area contributed by atoms with Crippen LogP contribution in [0.3, 0.4) is 0 Å². The zero-order valence-corrected chi connectivity index (χ0v) is 6.68. The van der Waals surface area contributed by atoms with Crippen LogP contribution in [0.1, 0.15) is 6.92 Å². The zero-order chi connectivity index (χ0) is 8.27. The van der Waals surface area contributed by atoms with E-state index in [2.05, 4.69) is 10.3 Å². The molecular formula is C8H11N3. The molecule has 0 aromatic heterocycles. The standard InChI is InChI=1S/C8H11N3/c1-6-3-4-7(9)8(11-6)5-10-2/h3-5,9-10H,1-2H3/b8-5+,9-7?. The predicted molar refractivity (Wildman–Crippen MR) is 47.1 cm³/mol. The Morgan fingerprint density at radius 2 is 2.27 bits per heavy atom. The van der Waals surface area contributed by atoms with E-state index in [1.165, 1.54) is 0 Å². The van der Waals surface area contributed by atoms with Gasteiger partial charge in [-0.15, -0.1) is 0 Å². The van der Waals surface area contributed by atoms with Crippen molar-refractivity contribution in [3.63, 3.8) is 0 Å². The van der Waals surface area contributed by atoms with Crippen LogP contribution in [0.15, 0.2) is 29.0 Å². The minimum Gasteiger partial charge on any atom is -0.392 e. The lowest BCUT2D eigenvalue weighted by Crippen LogP contribution is -2.07. The molecule has 0 aromatic rings. The van der Waals surface area contributed by atoms with Crippen LogP contribution in [-0.4, -0.2) is 18.5 Å². The van der Waals surface area contributed by atoms with Crippen molar-refractivity contribution >= 4 is 11.4 Å². The number of aliphatic imine (C=N–C) groups is 1. The molecule has 0 bridgehead atoms. The SMILES string of the molecule is CN/C=C1/N=C(C)C=CC1=N. The Hall–Kier alpha value is -1.38. The van der Waals surface area contributed by atoms with Crippen LogP contribution in [0.2, 0.25) is 0 Å². The van der Waals surface area contributed by atoms with Gasteiger partial charge < -0.3 is 5.32 Å². The summed E-state index contributed by atoms with van der Waals surface area (Å²) < 4.78 is 0. The van der Waals surface area contributed by atoms with E-state index in [0.29, 0.717) is 11.4 Å². The molecule has 0 aliphatic carbocycles. The van der Waals surface area contributed by atoms with Crippen LogP contribution in [0.4, 0.5) is 0 Å². The number of hydrogen-bond acceptors (Lipinski definition) is 3. The van der Waals surface area contributed by atoms with E-state index in [1.807, 2.05) is 13.0 Å². The summed E-state index contributed by atoms with van der Waals surface area (Å²) in [6.07, 6.45) is 5.29. The molecule has 11 heavy (non-hydrogen) atoms. The molecule has 0 spiro atoms. The van der Waals surface area contributed by atoms with Crippen LogP contribution < -0.4 is 5.32 Å². The monoisotopic (exact) mass is 149 g/mol. The van der Waals surface area contributed by atoms with Gasteiger partial charge in [-0.2, -0.15) is 0 Å². The first-order chi connectivity index (χ1) is 5.24. The number of allylic oxidation sites excluding steroid dienone is 2. The second-order valence-corrected chi connectivity index (χ2v) is 2.32. The third-order valence-corrected chi connectivity index (χ3v) is 1.35. The van der Waals surface area contributed by atoms with Gasteiger partial charge in [-0.1, -0.05) is 0 Å². The van der Waals surface area contributed by atoms with Gasteiger partial charge in [0.05, 0.1) is 5.71 Å². The van der Waals surface area contributed by atoms with Crippen LogP contribution >= 0.6 is 0 Å². The Kier molecular flexibility index (Phi) is 2.21. The summed E-state index contributed by atoms with van der Waals surface area (Å²) in [7, 11) is 1.80. The summed E-state index contributed by atoms with van der Waals surface area (Å²) in [6.45, 7) is 1.91. The first-order valence-electron chi connectivity index (χ1n) is 3.44. The fourth-order valence-electron chi connectivity index (χ4n) is 0.824. The number of hydrogen-bond donors (Lipinski definition) is 2. The smallest absolute Gasteiger partial charge is 0.104 e. The van der Waals surface area contributed by atoms with Gasteiger partial charge >= 0.3 is 0 Å². The molecule has 1 aliphatic heterocycles. The maximum Gasteiger partial charge on any atom is 0.104 e. The molecule has 0 saturated carbocycles. The third-order valence-electron chi connectivity index (χ3n) is 1.35. The molecule has 0 unspecified atom stereocenters. The number of dihydropyridines is 1. The lowest BCUT2D eigenvalue weighted by Gasteiger charge is -2.05. The zero-order valence-electron chi connectivity index (χ0n) is 6.68. The van der Waals surface area contributed by atoms with Gasteiger partial charge in [0.15, 0.2) is 0 Å². The number of nitrogens with one attached hydrogen (secondary N) is 2. The van der Waals surface area contributed by atoms with Crippen LogP contribution in [0.25, 0.3) is 0 Å². The average Bonchev–Trinajstić information content (AvgIpc) is 1.98. The van der Waals surface area contributed by atoms with E-state index < -0.39 is 0 Å². The van der Waals surface area contributed by atoms with Gasteiger partial charge in [-0.05, 0) is 19.1 Å². The Morgan fingerprint density at radius 1 is 1.55 bits per heavy atom. The highest BCUT2D eigenvalue weighted by Gasteiger charge is 2.04. The van der Waals surface area contributed by atoms with E-state index in [1.54, 1.807) is 19.3 Å². The molecule has 0 fully saturated rings. The first-order valence-corrected chi connectivity index (χ1v) is 3.44. The van der Waals surface area contributed by atoms with Crippen LogP contribution in [0.5, 0.6) is 0 Å². The molecule has 0 radical (unpaired) electrons. The molecule has 1 heterocycles. The van der Waals surface area contributed by atoms with E-state index in [9.17, 15) is 0 Å². The molecule has 1 rings (SSSR count). The lowest BCUT2D eigenvalue weighted by molar-refractivity contribution is 1.08. The lowest BCUT2D eigenvalue weighted by atomic mass is 10.2. The van der Waals surface area contributed by atoms with Gasteiger partial charge in [-0.25, -0.2) is 4.99 Å². The number of nitrogens with zero attached hydrogens (tertiary/aromatic N) is 1. The molecule has 0 aromatic carbocycles. The molecule has 0 saturated heterocycles. The van der Waals surface area contributed by atoms with Crippen molar-refractivity contribution in [2.75, 3.05) is 7.05 Å². The summed E-state index contributed by atoms with van der Waals surface area (Å²) in [6, 6.07) is 0. The highest BCUT2D eigenvalue weighted by atomic mass is 14.9. The fourth-order valence-corrected chi connectivity index (χ4v) is 0.824. The van der Waals surface area contributed by atoms with Crippen molar-refractivity contribution in [2.45, 2.75) is 6.92 Å². The topological polar surface area (TPSA) is 48.2 Å². The second-order valence-electron chi connectivity index (χ2n) is 2.32. The maximum atomic E-state index is 7.44. The highest BCUT2D eigenvalue weighted by Crippen LogP contribution is 2.05. The Balaban J connectivity index is 2.90. The Labute approximate surface area is 66.0 Å². The number of rotatable bonds is 1. The fraction of sp³-hybridized carbons (Fsp3) is 0.250. The Morgan fingerprint density at radius 3 is 2.91 bits per heavy atom. The van der Waals surface area contributed by atoms with Gasteiger partial charge in [0.2, 0.25) is 0 Å². The van der Waals surface area contributed by atoms with Crippen molar-refractivity contribution in [2.24, 2.45) is 4.99 Å². The molecule has 3 heteroatoms. The van der Waals surface area contributed by atoms with Gasteiger partial charge in [-0.3, -0.25) is 5.41 Å². The quantitative estimate of drug-likeness (QED) is 0.576. The first kappa shape index (κ1) is 7.72. The maximum absolute atomic E-state index is 7.44. The van der Waals surface area contributed by atoms with E-state index in [4.69, 9.17) is 5.41 Å². The average molecular weight is 149 g/mol. The summed E-state index contributed by atoms with van der Waals surface area (Å²) in [5.41, 5.74) is 2.07. The van der Waals surface area contributed by atoms with Crippen molar-refractivity contribution in [3.05, 3.63) is 24.0 Å². The second kappa shape index (κ2) is 3.14. The summed E-state index contributed by atoms with van der Waals surface area (Å²) in [5, 5.41) is 10.3. The molecule has 58 valence electrons. The molecule has 3 nitrogen and oxygen atoms in total. The van der Waals surface area contributed by atoms with E-state index in [0.717, 1.165) is 5.71 Å². The molecular weight excluding hydrogens is 138 g/mol. The van der Waals surface area contributed by atoms with Gasteiger partial charge in [0.25, 0.3) is 0 Å². The summed E-state index contributed by atoms with van der Waals surface area (Å²) in [4.78, 5) is 4.16. The minimum atomic E-state index is 0.449. The largest absolute Gasteiger partial charge is 0.392 e. The highest BCUT2D eigenvalue weighted by molar-refractivity contribution is 6.14.